The molecule has 0 aliphatic carbocycles. The minimum atomic E-state index is -0.792. The molecule has 1 unspecified atom stereocenters. The van der Waals surface area contributed by atoms with E-state index in [0.29, 0.717) is 35.1 Å². The van der Waals surface area contributed by atoms with E-state index in [0.717, 1.165) is 16.3 Å². The van der Waals surface area contributed by atoms with Gasteiger partial charge < -0.3 is 9.84 Å². The fraction of sp³-hybridized carbons (Fsp3) is 0.188. The van der Waals surface area contributed by atoms with Gasteiger partial charge in [0.1, 0.15) is 11.5 Å². The van der Waals surface area contributed by atoms with Gasteiger partial charge in [-0.05, 0) is 59.0 Å². The number of nitrogens with zero attached hydrogens (tertiary/aromatic N) is 1. The number of ketones is 1. The van der Waals surface area contributed by atoms with Crippen LogP contribution in [0.2, 0.25) is 0 Å². The van der Waals surface area contributed by atoms with Gasteiger partial charge in [-0.15, -0.1) is 0 Å². The lowest BCUT2D eigenvalue weighted by molar-refractivity contribution is -0.132. The predicted molar refractivity (Wildman–Crippen MR) is 147 cm³/mol. The number of Topliss-reactive ketones (excluding diaryl/α,β-unsaturated/α-hetero) is 1. The van der Waals surface area contributed by atoms with Crippen LogP contribution in [0, 0.1) is 0 Å². The number of aliphatic hydroxyl groups excluding tert-OH is 1. The Morgan fingerprint density at radius 3 is 2.24 bits per heavy atom. The maximum absolute atomic E-state index is 13.5. The second-order valence-corrected chi connectivity index (χ2v) is 9.44. The van der Waals surface area contributed by atoms with Crippen LogP contribution in [0.25, 0.3) is 16.5 Å². The monoisotopic (exact) mass is 491 g/mol. The molecule has 0 bridgehead atoms. The number of anilines is 1. The number of ether oxygens (including phenoxy) is 1. The SMILES string of the molecule is CCOc1ccc(C2/C(=C(/O)c3cccc4ccccc34)C(=O)C(=O)N2c2ccc(C(C)C)cc2)cc1. The Morgan fingerprint density at radius 1 is 0.892 bits per heavy atom. The van der Waals surface area contributed by atoms with Crippen molar-refractivity contribution in [2.75, 3.05) is 11.5 Å². The predicted octanol–water partition coefficient (Wildman–Crippen LogP) is 6.99. The molecule has 1 aliphatic rings. The van der Waals surface area contributed by atoms with E-state index in [-0.39, 0.29) is 11.3 Å². The normalized spacial score (nSPS) is 17.1. The minimum Gasteiger partial charge on any atom is -0.507 e. The van der Waals surface area contributed by atoms with Gasteiger partial charge in [-0.3, -0.25) is 14.5 Å². The first-order chi connectivity index (χ1) is 17.9. The summed E-state index contributed by atoms with van der Waals surface area (Å²) in [5, 5.41) is 13.4. The van der Waals surface area contributed by atoms with Crippen molar-refractivity contribution < 1.29 is 19.4 Å². The van der Waals surface area contributed by atoms with E-state index in [9.17, 15) is 14.7 Å². The van der Waals surface area contributed by atoms with Crippen molar-refractivity contribution in [1.82, 2.24) is 0 Å². The van der Waals surface area contributed by atoms with Gasteiger partial charge in [0.05, 0.1) is 18.2 Å². The molecule has 37 heavy (non-hydrogen) atoms. The Kier molecular flexibility index (Phi) is 6.53. The third-order valence-corrected chi connectivity index (χ3v) is 6.83. The second-order valence-electron chi connectivity index (χ2n) is 9.44. The van der Waals surface area contributed by atoms with Gasteiger partial charge in [-0.1, -0.05) is 80.6 Å². The van der Waals surface area contributed by atoms with Gasteiger partial charge in [0.15, 0.2) is 0 Å². The average Bonchev–Trinajstić information content (AvgIpc) is 3.18. The number of rotatable bonds is 6. The van der Waals surface area contributed by atoms with Crippen LogP contribution in [0.4, 0.5) is 5.69 Å². The first kappa shape index (κ1) is 24.3. The number of hydrogen-bond donors (Lipinski definition) is 1. The quantitative estimate of drug-likeness (QED) is 0.179. The molecule has 0 saturated carbocycles. The van der Waals surface area contributed by atoms with Crippen molar-refractivity contribution in [2.24, 2.45) is 0 Å². The van der Waals surface area contributed by atoms with Gasteiger partial charge in [-0.2, -0.15) is 0 Å². The van der Waals surface area contributed by atoms with Crippen LogP contribution in [-0.2, 0) is 9.59 Å². The van der Waals surface area contributed by atoms with Gasteiger partial charge in [0.25, 0.3) is 11.7 Å². The molecule has 1 saturated heterocycles. The average molecular weight is 492 g/mol. The molecule has 5 rings (SSSR count). The number of hydrogen-bond acceptors (Lipinski definition) is 4. The summed E-state index contributed by atoms with van der Waals surface area (Å²) in [7, 11) is 0. The molecule has 1 aliphatic heterocycles. The van der Waals surface area contributed by atoms with Crippen LogP contribution in [0.5, 0.6) is 5.75 Å². The number of carbonyl (C=O) groups excluding carboxylic acids is 2. The molecule has 1 fully saturated rings. The van der Waals surface area contributed by atoms with Gasteiger partial charge >= 0.3 is 0 Å². The molecule has 4 aromatic rings. The largest absolute Gasteiger partial charge is 0.507 e. The molecular weight excluding hydrogens is 462 g/mol. The highest BCUT2D eigenvalue weighted by Gasteiger charge is 2.47. The van der Waals surface area contributed by atoms with Gasteiger partial charge in [0, 0.05) is 11.3 Å². The number of amides is 1. The van der Waals surface area contributed by atoms with Crippen LogP contribution >= 0.6 is 0 Å². The van der Waals surface area contributed by atoms with Crippen LogP contribution in [0.1, 0.15) is 49.4 Å². The molecule has 0 spiro atoms. The summed E-state index contributed by atoms with van der Waals surface area (Å²) in [5.41, 5.74) is 3.02. The highest BCUT2D eigenvalue weighted by atomic mass is 16.5. The molecule has 1 atom stereocenters. The minimum absolute atomic E-state index is 0.0680. The van der Waals surface area contributed by atoms with Crippen molar-refractivity contribution in [2.45, 2.75) is 32.7 Å². The van der Waals surface area contributed by atoms with Crippen LogP contribution in [-0.4, -0.2) is 23.4 Å². The highest BCUT2D eigenvalue weighted by Crippen LogP contribution is 2.43. The summed E-state index contributed by atoms with van der Waals surface area (Å²) in [5.74, 6) is -0.540. The first-order valence-electron chi connectivity index (χ1n) is 12.5. The lowest BCUT2D eigenvalue weighted by atomic mass is 9.93. The number of benzene rings is 4. The van der Waals surface area contributed by atoms with E-state index in [2.05, 4.69) is 13.8 Å². The summed E-state index contributed by atoms with van der Waals surface area (Å²) in [4.78, 5) is 28.5. The Labute approximate surface area is 216 Å². The Balaban J connectivity index is 1.71. The van der Waals surface area contributed by atoms with Gasteiger partial charge in [-0.25, -0.2) is 0 Å². The van der Waals surface area contributed by atoms with E-state index >= 15 is 0 Å². The summed E-state index contributed by atoms with van der Waals surface area (Å²) in [6, 6.07) is 27.4. The molecule has 1 N–H and O–H groups in total. The molecule has 1 heterocycles. The van der Waals surface area contributed by atoms with Crippen molar-refractivity contribution in [1.29, 1.82) is 0 Å². The van der Waals surface area contributed by atoms with Gasteiger partial charge in [0.2, 0.25) is 0 Å². The molecular formula is C32H29NO4. The van der Waals surface area contributed by atoms with Crippen molar-refractivity contribution in [3.8, 4) is 5.75 Å². The smallest absolute Gasteiger partial charge is 0.300 e. The summed E-state index contributed by atoms with van der Waals surface area (Å²) in [6.45, 7) is 6.64. The third-order valence-electron chi connectivity index (χ3n) is 6.83. The fourth-order valence-electron chi connectivity index (χ4n) is 4.92. The maximum Gasteiger partial charge on any atom is 0.300 e. The van der Waals surface area contributed by atoms with Crippen LogP contribution in [0.3, 0.4) is 0 Å². The number of aliphatic hydroxyl groups is 1. The fourth-order valence-corrected chi connectivity index (χ4v) is 4.92. The lowest BCUT2D eigenvalue weighted by Gasteiger charge is -2.26. The Hall–Kier alpha value is -4.38. The van der Waals surface area contributed by atoms with E-state index < -0.39 is 17.7 Å². The van der Waals surface area contributed by atoms with Crippen molar-refractivity contribution in [3.05, 3.63) is 113 Å². The topological polar surface area (TPSA) is 66.8 Å². The summed E-state index contributed by atoms with van der Waals surface area (Å²) < 4.78 is 5.60. The summed E-state index contributed by atoms with van der Waals surface area (Å²) >= 11 is 0. The molecule has 5 heteroatoms. The van der Waals surface area contributed by atoms with Crippen molar-refractivity contribution in [3.63, 3.8) is 0 Å². The van der Waals surface area contributed by atoms with E-state index in [1.54, 1.807) is 6.07 Å². The Bertz CT molecular complexity index is 1500. The molecule has 0 aromatic heterocycles. The molecule has 4 aromatic carbocycles. The second kappa shape index (κ2) is 9.94. The van der Waals surface area contributed by atoms with E-state index in [1.165, 1.54) is 4.90 Å². The van der Waals surface area contributed by atoms with E-state index in [1.807, 2.05) is 91.9 Å². The lowest BCUT2D eigenvalue weighted by Crippen LogP contribution is -2.29. The van der Waals surface area contributed by atoms with Crippen LogP contribution < -0.4 is 9.64 Å². The molecule has 0 radical (unpaired) electrons. The Morgan fingerprint density at radius 2 is 1.57 bits per heavy atom. The molecule has 5 nitrogen and oxygen atoms in total. The zero-order valence-corrected chi connectivity index (χ0v) is 21.1. The van der Waals surface area contributed by atoms with Crippen molar-refractivity contribution >= 4 is 33.9 Å². The zero-order valence-electron chi connectivity index (χ0n) is 21.1. The standard InChI is InChI=1S/C32H29NO4/c1-4-37-25-18-14-23(15-19-25)29-28(30(34)27-11-7-9-22-8-5-6-10-26(22)27)31(35)32(36)33(29)24-16-12-21(13-17-24)20(2)3/h5-20,29,34H,4H2,1-3H3/b30-28-. The van der Waals surface area contributed by atoms with Crippen LogP contribution in [0.15, 0.2) is 96.6 Å². The third kappa shape index (κ3) is 4.38. The highest BCUT2D eigenvalue weighted by molar-refractivity contribution is 6.51. The first-order valence-corrected chi connectivity index (χ1v) is 12.5. The molecule has 1 amide bonds. The zero-order chi connectivity index (χ0) is 26.1. The number of fused-ring (bicyclic) bond motifs is 1. The number of carbonyl (C=O) groups is 2. The maximum atomic E-state index is 13.5. The van der Waals surface area contributed by atoms with E-state index in [4.69, 9.17) is 4.74 Å². The summed E-state index contributed by atoms with van der Waals surface area (Å²) in [6.07, 6.45) is 0. The molecule has 186 valence electrons.